The van der Waals surface area contributed by atoms with E-state index in [9.17, 15) is 4.79 Å². The Balaban J connectivity index is 3.34. The van der Waals surface area contributed by atoms with Crippen LogP contribution in [-0.4, -0.2) is 12.6 Å². The second kappa shape index (κ2) is 18.8. The Kier molecular flexibility index (Phi) is 17.8. The first-order chi connectivity index (χ1) is 11.3. The molecule has 2 nitrogen and oxygen atoms in total. The summed E-state index contributed by atoms with van der Waals surface area (Å²) >= 11 is 0. The van der Waals surface area contributed by atoms with Gasteiger partial charge in [-0.1, -0.05) is 95.6 Å². The van der Waals surface area contributed by atoms with Gasteiger partial charge in [-0.15, -0.1) is 0 Å². The van der Waals surface area contributed by atoms with Crippen molar-refractivity contribution < 1.29 is 9.53 Å². The van der Waals surface area contributed by atoms with Gasteiger partial charge < -0.3 is 4.74 Å². The SMILES string of the molecule is CCCC/C=C/CC(=O)OCC#CCCCCCCCCCC. The molecule has 2 heteroatoms. The highest BCUT2D eigenvalue weighted by molar-refractivity contribution is 5.71. The molecule has 132 valence electrons. The molecule has 0 unspecified atom stereocenters. The molecular weight excluding hydrogens is 284 g/mol. The summed E-state index contributed by atoms with van der Waals surface area (Å²) in [5.41, 5.74) is 0. The lowest BCUT2D eigenvalue weighted by Crippen LogP contribution is -2.02. The maximum absolute atomic E-state index is 11.4. The number of ether oxygens (including phenoxy) is 1. The van der Waals surface area contributed by atoms with Gasteiger partial charge in [0.25, 0.3) is 0 Å². The van der Waals surface area contributed by atoms with Crippen LogP contribution in [0.3, 0.4) is 0 Å². The third-order valence-corrected chi connectivity index (χ3v) is 3.76. The molecule has 0 spiro atoms. The second-order valence-corrected chi connectivity index (χ2v) is 6.06. The monoisotopic (exact) mass is 320 g/mol. The molecule has 0 saturated heterocycles. The van der Waals surface area contributed by atoms with Gasteiger partial charge in [0.1, 0.15) is 0 Å². The lowest BCUT2D eigenvalue weighted by Gasteiger charge is -1.99. The summed E-state index contributed by atoms with van der Waals surface area (Å²) in [4.78, 5) is 11.4. The fourth-order valence-electron chi connectivity index (χ4n) is 2.28. The summed E-state index contributed by atoms with van der Waals surface area (Å²) in [6, 6.07) is 0. The maximum atomic E-state index is 11.4. The van der Waals surface area contributed by atoms with E-state index in [1.165, 1.54) is 57.8 Å². The van der Waals surface area contributed by atoms with Crippen LogP contribution in [0.15, 0.2) is 12.2 Å². The van der Waals surface area contributed by atoms with E-state index in [0.717, 1.165) is 19.3 Å². The maximum Gasteiger partial charge on any atom is 0.310 e. The van der Waals surface area contributed by atoms with Gasteiger partial charge in [0.15, 0.2) is 6.61 Å². The van der Waals surface area contributed by atoms with Crippen molar-refractivity contribution in [1.29, 1.82) is 0 Å². The summed E-state index contributed by atoms with van der Waals surface area (Å²) in [7, 11) is 0. The van der Waals surface area contributed by atoms with Gasteiger partial charge in [0, 0.05) is 6.42 Å². The molecular formula is C21H36O2. The molecule has 0 rings (SSSR count). The normalized spacial score (nSPS) is 10.5. The van der Waals surface area contributed by atoms with Crippen molar-refractivity contribution in [1.82, 2.24) is 0 Å². The highest BCUT2D eigenvalue weighted by atomic mass is 16.5. The van der Waals surface area contributed by atoms with Crippen LogP contribution in [0.5, 0.6) is 0 Å². The predicted octanol–water partition coefficient (Wildman–Crippen LogP) is 6.20. The molecule has 0 aromatic carbocycles. The molecule has 0 aliphatic carbocycles. The molecule has 0 aromatic heterocycles. The lowest BCUT2D eigenvalue weighted by atomic mass is 10.1. The molecule has 0 fully saturated rings. The molecule has 0 radical (unpaired) electrons. The van der Waals surface area contributed by atoms with E-state index in [2.05, 4.69) is 31.8 Å². The van der Waals surface area contributed by atoms with Crippen LogP contribution in [0.4, 0.5) is 0 Å². The van der Waals surface area contributed by atoms with Gasteiger partial charge in [0.2, 0.25) is 0 Å². The minimum absolute atomic E-state index is 0.181. The highest BCUT2D eigenvalue weighted by Crippen LogP contribution is 2.09. The van der Waals surface area contributed by atoms with E-state index in [0.29, 0.717) is 6.42 Å². The Morgan fingerprint density at radius 3 is 2.17 bits per heavy atom. The van der Waals surface area contributed by atoms with Crippen molar-refractivity contribution in [3.63, 3.8) is 0 Å². The van der Waals surface area contributed by atoms with E-state index in [1.54, 1.807) is 0 Å². The number of hydrogen-bond acceptors (Lipinski definition) is 2. The van der Waals surface area contributed by atoms with Crippen LogP contribution >= 0.6 is 0 Å². The second-order valence-electron chi connectivity index (χ2n) is 6.06. The van der Waals surface area contributed by atoms with Crippen molar-refractivity contribution in [3.05, 3.63) is 12.2 Å². The van der Waals surface area contributed by atoms with Crippen LogP contribution in [0.25, 0.3) is 0 Å². The molecule has 0 saturated carbocycles. The van der Waals surface area contributed by atoms with E-state index >= 15 is 0 Å². The van der Waals surface area contributed by atoms with Gasteiger partial charge in [-0.2, -0.15) is 0 Å². The van der Waals surface area contributed by atoms with E-state index in [4.69, 9.17) is 4.74 Å². The third-order valence-electron chi connectivity index (χ3n) is 3.76. The molecule has 0 bridgehead atoms. The van der Waals surface area contributed by atoms with Gasteiger partial charge in [-0.05, 0) is 12.8 Å². The summed E-state index contributed by atoms with van der Waals surface area (Å²) in [6.45, 7) is 4.65. The van der Waals surface area contributed by atoms with Crippen molar-refractivity contribution in [2.24, 2.45) is 0 Å². The average Bonchev–Trinajstić information content (AvgIpc) is 2.55. The predicted molar refractivity (Wildman–Crippen MR) is 99.2 cm³/mol. The molecule has 0 N–H and O–H groups in total. The number of esters is 1. The van der Waals surface area contributed by atoms with Crippen LogP contribution in [0.1, 0.15) is 97.3 Å². The molecule has 0 heterocycles. The Bertz CT molecular complexity index is 347. The van der Waals surface area contributed by atoms with Crippen LogP contribution < -0.4 is 0 Å². The average molecular weight is 321 g/mol. The zero-order chi connectivity index (χ0) is 17.0. The summed E-state index contributed by atoms with van der Waals surface area (Å²) in [6.07, 6.45) is 19.2. The molecule has 0 aliphatic heterocycles. The van der Waals surface area contributed by atoms with Gasteiger partial charge in [-0.25, -0.2) is 0 Å². The molecule has 0 atom stereocenters. The minimum Gasteiger partial charge on any atom is -0.452 e. The molecule has 0 amide bonds. The van der Waals surface area contributed by atoms with Crippen molar-refractivity contribution in [3.8, 4) is 11.8 Å². The number of carbonyl (C=O) groups excluding carboxylic acids is 1. The fourth-order valence-corrected chi connectivity index (χ4v) is 2.28. The first kappa shape index (κ1) is 21.8. The number of hydrogen-bond donors (Lipinski definition) is 0. The van der Waals surface area contributed by atoms with Gasteiger partial charge >= 0.3 is 5.97 Å². The fraction of sp³-hybridized carbons (Fsp3) is 0.762. The minimum atomic E-state index is -0.181. The zero-order valence-electron chi connectivity index (χ0n) is 15.4. The van der Waals surface area contributed by atoms with Crippen LogP contribution in [0.2, 0.25) is 0 Å². The van der Waals surface area contributed by atoms with Crippen molar-refractivity contribution in [2.75, 3.05) is 6.61 Å². The Morgan fingerprint density at radius 2 is 1.48 bits per heavy atom. The van der Waals surface area contributed by atoms with Gasteiger partial charge in [-0.3, -0.25) is 4.79 Å². The van der Waals surface area contributed by atoms with E-state index < -0.39 is 0 Å². The van der Waals surface area contributed by atoms with Crippen LogP contribution in [0, 0.1) is 11.8 Å². The number of unbranched alkanes of at least 4 members (excludes halogenated alkanes) is 10. The standard InChI is InChI=1S/C21H36O2/c1-3-5-7-9-10-11-12-13-14-16-18-20-23-21(22)19-17-15-8-6-4-2/h15,17H,3-14,19-20H2,1-2H3/b17-15+. The van der Waals surface area contributed by atoms with Gasteiger partial charge in [0.05, 0.1) is 6.42 Å². The Hall–Kier alpha value is -1.23. The summed E-state index contributed by atoms with van der Waals surface area (Å²) < 4.78 is 5.07. The van der Waals surface area contributed by atoms with E-state index in [-0.39, 0.29) is 12.6 Å². The summed E-state index contributed by atoms with van der Waals surface area (Å²) in [5.74, 6) is 5.84. The quantitative estimate of drug-likeness (QED) is 0.165. The smallest absolute Gasteiger partial charge is 0.310 e. The largest absolute Gasteiger partial charge is 0.452 e. The van der Waals surface area contributed by atoms with Crippen molar-refractivity contribution in [2.45, 2.75) is 97.3 Å². The number of rotatable bonds is 14. The number of carbonyl (C=O) groups is 1. The molecule has 0 aromatic rings. The third kappa shape index (κ3) is 18.7. The highest BCUT2D eigenvalue weighted by Gasteiger charge is 1.96. The zero-order valence-corrected chi connectivity index (χ0v) is 15.4. The Morgan fingerprint density at radius 1 is 0.826 bits per heavy atom. The molecule has 23 heavy (non-hydrogen) atoms. The lowest BCUT2D eigenvalue weighted by molar-refractivity contribution is -0.141. The van der Waals surface area contributed by atoms with Crippen LogP contribution in [-0.2, 0) is 9.53 Å². The summed E-state index contributed by atoms with van der Waals surface area (Å²) in [5, 5.41) is 0. The van der Waals surface area contributed by atoms with E-state index in [1.807, 2.05) is 6.08 Å². The first-order valence-electron chi connectivity index (χ1n) is 9.57. The topological polar surface area (TPSA) is 26.3 Å². The van der Waals surface area contributed by atoms with Crippen molar-refractivity contribution >= 4 is 5.97 Å². The molecule has 0 aliphatic rings. The number of allylic oxidation sites excluding steroid dienone is 1. The first-order valence-corrected chi connectivity index (χ1v) is 9.57. The Labute approximate surface area is 144 Å².